The maximum atomic E-state index is 10.2. The predicted molar refractivity (Wildman–Crippen MR) is 79.8 cm³/mol. The molecule has 0 aliphatic heterocycles. The molecule has 0 amide bonds. The summed E-state index contributed by atoms with van der Waals surface area (Å²) in [5.74, 6) is 1.60. The van der Waals surface area contributed by atoms with Crippen LogP contribution in [0, 0.1) is 5.92 Å². The van der Waals surface area contributed by atoms with E-state index in [1.54, 1.807) is 13.2 Å². The molecule has 0 radical (unpaired) electrons. The van der Waals surface area contributed by atoms with Crippen molar-refractivity contribution >= 4 is 0 Å². The van der Waals surface area contributed by atoms with Gasteiger partial charge >= 0.3 is 0 Å². The Balaban J connectivity index is 2.99. The molecule has 108 valence electrons. The van der Waals surface area contributed by atoms with Gasteiger partial charge in [-0.1, -0.05) is 19.9 Å². The molecule has 19 heavy (non-hydrogen) atoms. The Hall–Kier alpha value is -1.22. The van der Waals surface area contributed by atoms with Crippen LogP contribution in [0.5, 0.6) is 11.5 Å². The minimum atomic E-state index is 0.188. The second-order valence-corrected chi connectivity index (χ2v) is 5.79. The highest BCUT2D eigenvalue weighted by Crippen LogP contribution is 2.32. The fourth-order valence-electron chi connectivity index (χ4n) is 2.42. The Morgan fingerprint density at radius 2 is 1.79 bits per heavy atom. The van der Waals surface area contributed by atoms with Gasteiger partial charge in [-0.25, -0.2) is 0 Å². The smallest absolute Gasteiger partial charge is 0.124 e. The van der Waals surface area contributed by atoms with Crippen LogP contribution in [-0.2, 0) is 0 Å². The number of ether oxygens (including phenoxy) is 1. The minimum Gasteiger partial charge on any atom is -0.507 e. The topological polar surface area (TPSA) is 32.7 Å². The molecule has 0 spiro atoms. The van der Waals surface area contributed by atoms with Gasteiger partial charge in [0, 0.05) is 30.3 Å². The molecule has 1 N–H and O–H groups in total. The van der Waals surface area contributed by atoms with Crippen molar-refractivity contribution in [2.45, 2.75) is 46.7 Å². The first-order chi connectivity index (χ1) is 8.86. The van der Waals surface area contributed by atoms with Crippen LogP contribution in [-0.4, -0.2) is 29.7 Å². The first-order valence-electron chi connectivity index (χ1n) is 6.99. The zero-order valence-electron chi connectivity index (χ0n) is 13.0. The highest BCUT2D eigenvalue weighted by atomic mass is 16.5. The second kappa shape index (κ2) is 6.80. The maximum absolute atomic E-state index is 10.2. The lowest BCUT2D eigenvalue weighted by Crippen LogP contribution is -2.36. The molecule has 1 aromatic carbocycles. The number of benzene rings is 1. The number of aromatic hydroxyl groups is 1. The fraction of sp³-hybridized carbons (Fsp3) is 0.625. The largest absolute Gasteiger partial charge is 0.507 e. The number of nitrogens with zero attached hydrogens (tertiary/aromatic N) is 1. The summed E-state index contributed by atoms with van der Waals surface area (Å²) < 4.78 is 5.13. The zero-order valence-corrected chi connectivity index (χ0v) is 13.0. The molecule has 1 rings (SSSR count). The molecule has 0 fully saturated rings. The summed E-state index contributed by atoms with van der Waals surface area (Å²) in [6.07, 6.45) is 0. The molecule has 0 heterocycles. The third-order valence-corrected chi connectivity index (χ3v) is 3.42. The lowest BCUT2D eigenvalue weighted by atomic mass is 10.0. The summed E-state index contributed by atoms with van der Waals surface area (Å²) in [4.78, 5) is 2.41. The molecule has 3 nitrogen and oxygen atoms in total. The normalized spacial score (nSPS) is 13.3. The van der Waals surface area contributed by atoms with Gasteiger partial charge in [-0.2, -0.15) is 0 Å². The zero-order chi connectivity index (χ0) is 14.6. The molecule has 0 saturated carbocycles. The van der Waals surface area contributed by atoms with Crippen LogP contribution >= 0.6 is 0 Å². The first-order valence-corrected chi connectivity index (χ1v) is 6.99. The molecule has 0 aliphatic carbocycles. The molecular formula is C16H27NO2. The van der Waals surface area contributed by atoms with Gasteiger partial charge in [0.05, 0.1) is 7.11 Å². The van der Waals surface area contributed by atoms with Gasteiger partial charge in [0.1, 0.15) is 11.5 Å². The van der Waals surface area contributed by atoms with Crippen molar-refractivity contribution in [1.29, 1.82) is 0 Å². The van der Waals surface area contributed by atoms with Crippen LogP contribution in [0.2, 0.25) is 0 Å². The molecule has 1 atom stereocenters. The summed E-state index contributed by atoms with van der Waals surface area (Å²) in [6, 6.07) is 6.17. The summed E-state index contributed by atoms with van der Waals surface area (Å²) >= 11 is 0. The van der Waals surface area contributed by atoms with E-state index in [1.165, 1.54) is 0 Å². The maximum Gasteiger partial charge on any atom is 0.124 e. The lowest BCUT2D eigenvalue weighted by Gasteiger charge is -2.34. The van der Waals surface area contributed by atoms with Crippen molar-refractivity contribution in [2.75, 3.05) is 13.7 Å². The van der Waals surface area contributed by atoms with Gasteiger partial charge in [0.2, 0.25) is 0 Å². The average Bonchev–Trinajstić information content (AvgIpc) is 2.34. The van der Waals surface area contributed by atoms with Crippen molar-refractivity contribution in [3.05, 3.63) is 23.8 Å². The average molecular weight is 265 g/mol. The van der Waals surface area contributed by atoms with Crippen LogP contribution in [0.15, 0.2) is 18.2 Å². The summed E-state index contributed by atoms with van der Waals surface area (Å²) in [7, 11) is 1.61. The molecule has 0 aromatic heterocycles. The molecule has 3 heteroatoms. The fourth-order valence-corrected chi connectivity index (χ4v) is 2.42. The lowest BCUT2D eigenvalue weighted by molar-refractivity contribution is 0.143. The van der Waals surface area contributed by atoms with Gasteiger partial charge in [-0.05, 0) is 32.8 Å². The number of phenolic OH excluding ortho intramolecular Hbond substituents is 1. The van der Waals surface area contributed by atoms with Gasteiger partial charge in [0.25, 0.3) is 0 Å². The van der Waals surface area contributed by atoms with Crippen LogP contribution in [0.3, 0.4) is 0 Å². The molecule has 1 aromatic rings. The van der Waals surface area contributed by atoms with E-state index >= 15 is 0 Å². The third kappa shape index (κ3) is 4.13. The van der Waals surface area contributed by atoms with Crippen LogP contribution in [0.25, 0.3) is 0 Å². The van der Waals surface area contributed by atoms with E-state index in [0.717, 1.165) is 12.1 Å². The van der Waals surface area contributed by atoms with Crippen molar-refractivity contribution in [2.24, 2.45) is 5.92 Å². The third-order valence-electron chi connectivity index (χ3n) is 3.42. The Bertz CT molecular complexity index is 402. The highest BCUT2D eigenvalue weighted by molar-refractivity contribution is 5.41. The van der Waals surface area contributed by atoms with E-state index in [4.69, 9.17) is 4.74 Å². The van der Waals surface area contributed by atoms with Gasteiger partial charge in [-0.3, -0.25) is 4.90 Å². The SMILES string of the molecule is COc1ccc(C(C)N(CC(C)C)C(C)C)c(O)c1. The van der Waals surface area contributed by atoms with E-state index < -0.39 is 0 Å². The number of hydrogen-bond acceptors (Lipinski definition) is 3. The van der Waals surface area contributed by atoms with Crippen molar-refractivity contribution in [3.8, 4) is 11.5 Å². The molecule has 1 unspecified atom stereocenters. The second-order valence-electron chi connectivity index (χ2n) is 5.79. The summed E-state index contributed by atoms with van der Waals surface area (Å²) in [6.45, 7) is 12.0. The predicted octanol–water partition coefficient (Wildman–Crippen LogP) is 3.83. The monoisotopic (exact) mass is 265 g/mol. The van der Waals surface area contributed by atoms with Gasteiger partial charge in [-0.15, -0.1) is 0 Å². The Morgan fingerprint density at radius 1 is 1.16 bits per heavy atom. The minimum absolute atomic E-state index is 0.188. The van der Waals surface area contributed by atoms with E-state index in [9.17, 15) is 5.11 Å². The summed E-state index contributed by atoms with van der Waals surface area (Å²) in [5.41, 5.74) is 0.954. The van der Waals surface area contributed by atoms with Crippen molar-refractivity contribution in [1.82, 2.24) is 4.90 Å². The van der Waals surface area contributed by atoms with E-state index in [1.807, 2.05) is 12.1 Å². The van der Waals surface area contributed by atoms with Crippen LogP contribution in [0.1, 0.15) is 46.2 Å². The van der Waals surface area contributed by atoms with Crippen molar-refractivity contribution in [3.63, 3.8) is 0 Å². The van der Waals surface area contributed by atoms with Crippen LogP contribution < -0.4 is 4.74 Å². The highest BCUT2D eigenvalue weighted by Gasteiger charge is 2.22. The molecule has 0 aliphatic rings. The number of methoxy groups -OCH3 is 1. The van der Waals surface area contributed by atoms with Gasteiger partial charge in [0.15, 0.2) is 0 Å². The molecule has 0 saturated heterocycles. The quantitative estimate of drug-likeness (QED) is 0.848. The number of rotatable bonds is 6. The summed E-state index contributed by atoms with van der Waals surface area (Å²) in [5, 5.41) is 10.2. The Morgan fingerprint density at radius 3 is 2.21 bits per heavy atom. The van der Waals surface area contributed by atoms with E-state index in [0.29, 0.717) is 23.5 Å². The van der Waals surface area contributed by atoms with Gasteiger partial charge < -0.3 is 9.84 Å². The number of hydrogen-bond donors (Lipinski definition) is 1. The number of phenols is 1. The van der Waals surface area contributed by atoms with Crippen LogP contribution in [0.4, 0.5) is 0 Å². The molecule has 0 bridgehead atoms. The van der Waals surface area contributed by atoms with E-state index in [2.05, 4.69) is 39.5 Å². The standard InChI is InChI=1S/C16H27NO2/c1-11(2)10-17(12(3)4)13(5)15-8-7-14(19-6)9-16(15)18/h7-9,11-13,18H,10H2,1-6H3. The Kier molecular flexibility index (Phi) is 5.67. The van der Waals surface area contributed by atoms with Crippen molar-refractivity contribution < 1.29 is 9.84 Å². The molecular weight excluding hydrogens is 238 g/mol. The first kappa shape index (κ1) is 15.8. The Labute approximate surface area is 117 Å². The van der Waals surface area contributed by atoms with E-state index in [-0.39, 0.29) is 6.04 Å².